The summed E-state index contributed by atoms with van der Waals surface area (Å²) in [6.07, 6.45) is 4.89. The van der Waals surface area contributed by atoms with Crippen molar-refractivity contribution < 1.29 is 0 Å². The Morgan fingerprint density at radius 3 is 2.95 bits per heavy atom. The second kappa shape index (κ2) is 7.66. The van der Waals surface area contributed by atoms with Crippen LogP contribution in [0.1, 0.15) is 38.2 Å². The lowest BCUT2D eigenvalue weighted by molar-refractivity contribution is 0.572. The number of unbranched alkanes of at least 4 members (excludes halogenated alkanes) is 1. The summed E-state index contributed by atoms with van der Waals surface area (Å²) in [7, 11) is 0. The number of hydrogen-bond acceptors (Lipinski definition) is 3. The van der Waals surface area contributed by atoms with Crippen molar-refractivity contribution in [2.45, 2.75) is 38.6 Å². The first-order valence-electron chi connectivity index (χ1n) is 7.42. The van der Waals surface area contributed by atoms with Crippen molar-refractivity contribution >= 4 is 21.6 Å². The largest absolute Gasteiger partial charge is 0.370 e. The van der Waals surface area contributed by atoms with Gasteiger partial charge in [0.2, 0.25) is 0 Å². The summed E-state index contributed by atoms with van der Waals surface area (Å²) < 4.78 is 0.979. The Bertz CT molecular complexity index is 475. The van der Waals surface area contributed by atoms with E-state index in [4.69, 9.17) is 5.26 Å². The Morgan fingerprint density at radius 1 is 1.45 bits per heavy atom. The molecule has 0 aromatic heterocycles. The molecule has 0 amide bonds. The fourth-order valence-electron chi connectivity index (χ4n) is 2.67. The number of anilines is 1. The van der Waals surface area contributed by atoms with Gasteiger partial charge in [0.15, 0.2) is 0 Å². The molecule has 1 N–H and O–H groups in total. The number of nitriles is 1. The number of benzene rings is 1. The lowest BCUT2D eigenvalue weighted by atomic mass is 10.1. The van der Waals surface area contributed by atoms with Crippen molar-refractivity contribution in [2.75, 3.05) is 24.5 Å². The molecule has 20 heavy (non-hydrogen) atoms. The lowest BCUT2D eigenvalue weighted by Gasteiger charge is -2.28. The number of rotatable bonds is 6. The molecule has 4 heteroatoms. The van der Waals surface area contributed by atoms with Crippen LogP contribution in [0.4, 0.5) is 5.69 Å². The maximum absolute atomic E-state index is 9.13. The van der Waals surface area contributed by atoms with E-state index in [1.165, 1.54) is 25.7 Å². The van der Waals surface area contributed by atoms with E-state index in [9.17, 15) is 0 Å². The average Bonchev–Trinajstić information content (AvgIpc) is 2.95. The van der Waals surface area contributed by atoms with Crippen molar-refractivity contribution in [1.82, 2.24) is 5.32 Å². The molecular weight excluding hydrogens is 314 g/mol. The lowest BCUT2D eigenvalue weighted by Crippen LogP contribution is -2.38. The van der Waals surface area contributed by atoms with Crippen LogP contribution in [-0.4, -0.2) is 25.7 Å². The second-order valence-electron chi connectivity index (χ2n) is 5.40. The van der Waals surface area contributed by atoms with Gasteiger partial charge in [0, 0.05) is 29.3 Å². The van der Waals surface area contributed by atoms with E-state index in [0.717, 1.165) is 35.4 Å². The topological polar surface area (TPSA) is 39.1 Å². The van der Waals surface area contributed by atoms with E-state index in [-0.39, 0.29) is 0 Å². The third-order valence-electron chi connectivity index (χ3n) is 3.76. The van der Waals surface area contributed by atoms with E-state index < -0.39 is 0 Å². The van der Waals surface area contributed by atoms with Gasteiger partial charge in [0.1, 0.15) is 0 Å². The highest BCUT2D eigenvalue weighted by molar-refractivity contribution is 9.10. The molecule has 3 nitrogen and oxygen atoms in total. The van der Waals surface area contributed by atoms with Crippen molar-refractivity contribution in [2.24, 2.45) is 0 Å². The molecule has 0 radical (unpaired) electrons. The maximum Gasteiger partial charge on any atom is 0.0992 e. The number of halogens is 1. The zero-order valence-electron chi connectivity index (χ0n) is 12.0. The van der Waals surface area contributed by atoms with Gasteiger partial charge in [-0.2, -0.15) is 5.26 Å². The molecule has 0 saturated carbocycles. The standard InChI is InChI=1S/C16H22BrN3/c1-2-3-7-20(12-15-5-4-6-19-15)16-9-13(11-18)8-14(17)10-16/h8-10,15,19H,2-7,12H2,1H3. The highest BCUT2D eigenvalue weighted by atomic mass is 79.9. The van der Waals surface area contributed by atoms with E-state index in [0.29, 0.717) is 6.04 Å². The highest BCUT2D eigenvalue weighted by Gasteiger charge is 2.18. The Balaban J connectivity index is 2.15. The molecule has 1 unspecified atom stereocenters. The Kier molecular flexibility index (Phi) is 5.87. The average molecular weight is 336 g/mol. The summed E-state index contributed by atoms with van der Waals surface area (Å²) in [5.74, 6) is 0. The van der Waals surface area contributed by atoms with E-state index in [2.05, 4.69) is 45.2 Å². The monoisotopic (exact) mass is 335 g/mol. The molecule has 2 rings (SSSR count). The van der Waals surface area contributed by atoms with Gasteiger partial charge < -0.3 is 10.2 Å². The summed E-state index contributed by atoms with van der Waals surface area (Å²) in [5, 5.41) is 12.7. The summed E-state index contributed by atoms with van der Waals surface area (Å²) in [5.41, 5.74) is 1.87. The van der Waals surface area contributed by atoms with E-state index in [1.54, 1.807) is 0 Å². The molecule has 1 aromatic rings. The molecule has 1 fully saturated rings. The first-order chi connectivity index (χ1) is 9.72. The van der Waals surface area contributed by atoms with Crippen LogP contribution in [0.2, 0.25) is 0 Å². The number of nitrogens with zero attached hydrogens (tertiary/aromatic N) is 2. The Hall–Kier alpha value is -1.05. The van der Waals surface area contributed by atoms with E-state index >= 15 is 0 Å². The van der Waals surface area contributed by atoms with Crippen molar-refractivity contribution in [3.8, 4) is 6.07 Å². The molecule has 0 aliphatic carbocycles. The number of nitrogens with one attached hydrogen (secondary N) is 1. The molecule has 1 heterocycles. The smallest absolute Gasteiger partial charge is 0.0992 e. The van der Waals surface area contributed by atoms with Crippen LogP contribution < -0.4 is 10.2 Å². The van der Waals surface area contributed by atoms with Crippen LogP contribution in [0.15, 0.2) is 22.7 Å². The van der Waals surface area contributed by atoms with Crippen LogP contribution in [-0.2, 0) is 0 Å². The maximum atomic E-state index is 9.13. The van der Waals surface area contributed by atoms with Crippen molar-refractivity contribution in [3.05, 3.63) is 28.2 Å². The Morgan fingerprint density at radius 2 is 2.30 bits per heavy atom. The Labute approximate surface area is 130 Å². The first kappa shape index (κ1) is 15.3. The quantitative estimate of drug-likeness (QED) is 0.861. The van der Waals surface area contributed by atoms with Crippen molar-refractivity contribution in [3.63, 3.8) is 0 Å². The first-order valence-corrected chi connectivity index (χ1v) is 8.21. The van der Waals surface area contributed by atoms with Crippen LogP contribution >= 0.6 is 15.9 Å². The molecule has 1 aliphatic rings. The van der Waals surface area contributed by atoms with Gasteiger partial charge >= 0.3 is 0 Å². The van der Waals surface area contributed by atoms with Crippen LogP contribution in [0.5, 0.6) is 0 Å². The molecule has 1 aliphatic heterocycles. The summed E-state index contributed by atoms with van der Waals surface area (Å²) in [4.78, 5) is 2.41. The molecule has 1 aromatic carbocycles. The van der Waals surface area contributed by atoms with Gasteiger partial charge in [-0.15, -0.1) is 0 Å². The normalized spacial score (nSPS) is 17.9. The molecule has 0 spiro atoms. The zero-order chi connectivity index (χ0) is 14.4. The minimum atomic E-state index is 0.580. The molecule has 0 bridgehead atoms. The van der Waals surface area contributed by atoms with Gasteiger partial charge in [0.05, 0.1) is 11.6 Å². The summed E-state index contributed by atoms with van der Waals surface area (Å²) in [6, 6.07) is 8.80. The van der Waals surface area contributed by atoms with Gasteiger partial charge in [-0.25, -0.2) is 0 Å². The van der Waals surface area contributed by atoms with Crippen LogP contribution in [0.25, 0.3) is 0 Å². The van der Waals surface area contributed by atoms with Gasteiger partial charge in [-0.1, -0.05) is 29.3 Å². The summed E-state index contributed by atoms with van der Waals surface area (Å²) in [6.45, 7) is 5.43. The third kappa shape index (κ3) is 4.22. The minimum absolute atomic E-state index is 0.580. The SMILES string of the molecule is CCCCN(CC1CCCN1)c1cc(Br)cc(C#N)c1. The van der Waals surface area contributed by atoms with Crippen molar-refractivity contribution in [1.29, 1.82) is 5.26 Å². The van der Waals surface area contributed by atoms with E-state index in [1.807, 2.05) is 12.1 Å². The zero-order valence-corrected chi connectivity index (χ0v) is 13.6. The molecule has 108 valence electrons. The van der Waals surface area contributed by atoms with Gasteiger partial charge in [0.25, 0.3) is 0 Å². The molecule has 1 saturated heterocycles. The minimum Gasteiger partial charge on any atom is -0.370 e. The third-order valence-corrected chi connectivity index (χ3v) is 4.22. The predicted octanol–water partition coefficient (Wildman–Crippen LogP) is 3.68. The fraction of sp³-hybridized carbons (Fsp3) is 0.562. The van der Waals surface area contributed by atoms with Crippen LogP contribution in [0, 0.1) is 11.3 Å². The number of hydrogen-bond donors (Lipinski definition) is 1. The predicted molar refractivity (Wildman–Crippen MR) is 87.0 cm³/mol. The summed E-state index contributed by atoms with van der Waals surface area (Å²) >= 11 is 3.51. The van der Waals surface area contributed by atoms with Gasteiger partial charge in [-0.05, 0) is 44.0 Å². The van der Waals surface area contributed by atoms with Gasteiger partial charge in [-0.3, -0.25) is 0 Å². The molecular formula is C16H22BrN3. The fourth-order valence-corrected chi connectivity index (χ4v) is 3.16. The van der Waals surface area contributed by atoms with Crippen LogP contribution in [0.3, 0.4) is 0 Å². The second-order valence-corrected chi connectivity index (χ2v) is 6.32. The molecule has 1 atom stereocenters. The highest BCUT2D eigenvalue weighted by Crippen LogP contribution is 2.24.